The van der Waals surface area contributed by atoms with Crippen LogP contribution in [0.2, 0.25) is 0 Å². The quantitative estimate of drug-likeness (QED) is 0.776. The maximum atomic E-state index is 11.5. The number of rotatable bonds is 4. The number of nitrogens with zero attached hydrogens (tertiary/aromatic N) is 3. The molecule has 0 radical (unpaired) electrons. The van der Waals surface area contributed by atoms with Crippen LogP contribution in [0.3, 0.4) is 0 Å². The Kier molecular flexibility index (Phi) is 4.05. The molecule has 2 aromatic heterocycles. The minimum atomic E-state index is -3.14. The molecule has 1 aromatic carbocycles. The molecule has 0 saturated carbocycles. The van der Waals surface area contributed by atoms with Crippen molar-refractivity contribution in [3.05, 3.63) is 54.0 Å². The van der Waals surface area contributed by atoms with Crippen molar-refractivity contribution in [1.82, 2.24) is 19.9 Å². The number of H-pyrrole nitrogens is 1. The van der Waals surface area contributed by atoms with Gasteiger partial charge in [0.15, 0.2) is 15.5 Å². The van der Waals surface area contributed by atoms with Crippen LogP contribution in [-0.4, -0.2) is 47.6 Å². The third-order valence-electron chi connectivity index (χ3n) is 4.69. The maximum Gasteiger partial charge on any atom is 0.177 e. The van der Waals surface area contributed by atoms with E-state index in [-0.39, 0.29) is 0 Å². The Bertz CT molecular complexity index is 962. The summed E-state index contributed by atoms with van der Waals surface area (Å²) in [6, 6.07) is 11.1. The summed E-state index contributed by atoms with van der Waals surface area (Å²) < 4.78 is 23.1. The molecule has 0 bridgehead atoms. The molecule has 1 unspecified atom stereocenters. The van der Waals surface area contributed by atoms with E-state index in [1.807, 2.05) is 24.3 Å². The predicted octanol–water partition coefficient (Wildman–Crippen LogP) is 2.35. The second kappa shape index (κ2) is 6.24. The summed E-state index contributed by atoms with van der Waals surface area (Å²) in [4.78, 5) is 15.0. The molecular weight excluding hydrogens is 336 g/mol. The van der Waals surface area contributed by atoms with Crippen molar-refractivity contribution >= 4 is 21.0 Å². The molecule has 1 aliphatic rings. The summed E-state index contributed by atoms with van der Waals surface area (Å²) in [5.74, 6) is 1.38. The van der Waals surface area contributed by atoms with E-state index in [1.54, 1.807) is 18.3 Å². The van der Waals surface area contributed by atoms with Crippen molar-refractivity contribution in [3.8, 4) is 0 Å². The normalized spacial score (nSPS) is 18.8. The zero-order chi connectivity index (χ0) is 17.4. The van der Waals surface area contributed by atoms with Gasteiger partial charge in [0.2, 0.25) is 0 Å². The van der Waals surface area contributed by atoms with Gasteiger partial charge in [0.1, 0.15) is 5.82 Å². The molecule has 3 aromatic rings. The van der Waals surface area contributed by atoms with Crippen molar-refractivity contribution in [2.24, 2.45) is 0 Å². The second-order valence-electron chi connectivity index (χ2n) is 6.63. The number of sulfone groups is 1. The second-order valence-corrected chi connectivity index (χ2v) is 8.65. The van der Waals surface area contributed by atoms with Crippen molar-refractivity contribution in [2.75, 3.05) is 19.3 Å². The van der Waals surface area contributed by atoms with Crippen LogP contribution in [0, 0.1) is 0 Å². The average molecular weight is 356 g/mol. The number of benzene rings is 1. The van der Waals surface area contributed by atoms with E-state index in [0.717, 1.165) is 48.6 Å². The maximum absolute atomic E-state index is 11.5. The standard InChI is InChI=1S/C18H20N4O2S/c1-25(23,24)15-6-4-13(5-7-15)11-22-10-8-14(12-22)17-20-16-3-2-9-19-18(16)21-17/h2-7,9,14H,8,10-12H2,1H3,(H,19,20,21). The Morgan fingerprint density at radius 3 is 2.76 bits per heavy atom. The lowest BCUT2D eigenvalue weighted by Gasteiger charge is -2.15. The number of fused-ring (bicyclic) bond motifs is 1. The molecule has 1 saturated heterocycles. The highest BCUT2D eigenvalue weighted by Gasteiger charge is 2.26. The minimum Gasteiger partial charge on any atom is -0.340 e. The fourth-order valence-corrected chi connectivity index (χ4v) is 3.99. The highest BCUT2D eigenvalue weighted by molar-refractivity contribution is 7.90. The lowest BCUT2D eigenvalue weighted by atomic mass is 10.1. The Labute approximate surface area is 146 Å². The zero-order valence-corrected chi connectivity index (χ0v) is 14.8. The van der Waals surface area contributed by atoms with Crippen LogP contribution in [0.1, 0.15) is 23.7 Å². The number of hydrogen-bond acceptors (Lipinski definition) is 5. The van der Waals surface area contributed by atoms with Crippen LogP contribution >= 0.6 is 0 Å². The van der Waals surface area contributed by atoms with Crippen molar-refractivity contribution in [2.45, 2.75) is 23.8 Å². The van der Waals surface area contributed by atoms with Crippen molar-refractivity contribution in [3.63, 3.8) is 0 Å². The monoisotopic (exact) mass is 356 g/mol. The van der Waals surface area contributed by atoms with Crippen LogP contribution in [0.4, 0.5) is 0 Å². The lowest BCUT2D eigenvalue weighted by Crippen LogP contribution is -2.20. The van der Waals surface area contributed by atoms with Crippen molar-refractivity contribution in [1.29, 1.82) is 0 Å². The summed E-state index contributed by atoms with van der Waals surface area (Å²) in [6.45, 7) is 2.76. The van der Waals surface area contributed by atoms with E-state index in [2.05, 4.69) is 19.9 Å². The third-order valence-corrected chi connectivity index (χ3v) is 5.82. The van der Waals surface area contributed by atoms with Crippen LogP contribution in [0.5, 0.6) is 0 Å². The van der Waals surface area contributed by atoms with Crippen LogP contribution < -0.4 is 0 Å². The first kappa shape index (κ1) is 16.2. The zero-order valence-electron chi connectivity index (χ0n) is 14.0. The topological polar surface area (TPSA) is 79.0 Å². The van der Waals surface area contributed by atoms with Crippen LogP contribution in [-0.2, 0) is 16.4 Å². The molecule has 130 valence electrons. The van der Waals surface area contributed by atoms with E-state index in [1.165, 1.54) is 6.26 Å². The highest BCUT2D eigenvalue weighted by Crippen LogP contribution is 2.27. The van der Waals surface area contributed by atoms with Gasteiger partial charge in [-0.05, 0) is 42.8 Å². The molecule has 3 heterocycles. The number of imidazole rings is 1. The number of pyridine rings is 1. The van der Waals surface area contributed by atoms with Gasteiger partial charge in [-0.15, -0.1) is 0 Å². The van der Waals surface area contributed by atoms with E-state index in [0.29, 0.717) is 10.8 Å². The van der Waals surface area contributed by atoms with Gasteiger partial charge in [-0.25, -0.2) is 18.4 Å². The molecule has 6 nitrogen and oxygen atoms in total. The summed E-state index contributed by atoms with van der Waals surface area (Å²) in [5.41, 5.74) is 2.87. The average Bonchev–Trinajstić information content (AvgIpc) is 3.20. The molecule has 1 N–H and O–H groups in total. The molecular formula is C18H20N4O2S. The number of aromatic nitrogens is 3. The number of nitrogens with one attached hydrogen (secondary N) is 1. The van der Waals surface area contributed by atoms with E-state index in [9.17, 15) is 8.42 Å². The molecule has 7 heteroatoms. The molecule has 0 spiro atoms. The number of likely N-dealkylation sites (tertiary alicyclic amines) is 1. The van der Waals surface area contributed by atoms with Gasteiger partial charge < -0.3 is 4.98 Å². The molecule has 0 aliphatic carbocycles. The number of hydrogen-bond donors (Lipinski definition) is 1. The molecule has 25 heavy (non-hydrogen) atoms. The third kappa shape index (κ3) is 3.43. The van der Waals surface area contributed by atoms with Gasteiger partial charge in [0.25, 0.3) is 0 Å². The highest BCUT2D eigenvalue weighted by atomic mass is 32.2. The fraction of sp³-hybridized carbons (Fsp3) is 0.333. The van der Waals surface area contributed by atoms with Gasteiger partial charge in [0.05, 0.1) is 10.4 Å². The van der Waals surface area contributed by atoms with Crippen LogP contribution in [0.25, 0.3) is 11.2 Å². The Hall–Kier alpha value is -2.25. The first-order chi connectivity index (χ1) is 12.0. The van der Waals surface area contributed by atoms with Gasteiger partial charge in [-0.1, -0.05) is 12.1 Å². The first-order valence-electron chi connectivity index (χ1n) is 8.31. The first-order valence-corrected chi connectivity index (χ1v) is 10.2. The predicted molar refractivity (Wildman–Crippen MR) is 96.1 cm³/mol. The van der Waals surface area contributed by atoms with E-state index >= 15 is 0 Å². The Balaban J connectivity index is 1.44. The lowest BCUT2D eigenvalue weighted by molar-refractivity contribution is 0.326. The summed E-state index contributed by atoms with van der Waals surface area (Å²) in [6.07, 6.45) is 4.05. The molecule has 1 atom stereocenters. The Morgan fingerprint density at radius 1 is 1.24 bits per heavy atom. The van der Waals surface area contributed by atoms with Gasteiger partial charge >= 0.3 is 0 Å². The van der Waals surface area contributed by atoms with E-state index < -0.39 is 9.84 Å². The number of aromatic amines is 1. The Morgan fingerprint density at radius 2 is 2.04 bits per heavy atom. The largest absolute Gasteiger partial charge is 0.340 e. The fourth-order valence-electron chi connectivity index (χ4n) is 3.36. The van der Waals surface area contributed by atoms with Crippen LogP contribution in [0.15, 0.2) is 47.5 Å². The molecule has 1 fully saturated rings. The van der Waals surface area contributed by atoms with Gasteiger partial charge in [-0.2, -0.15) is 0 Å². The summed E-state index contributed by atoms with van der Waals surface area (Å²) >= 11 is 0. The van der Waals surface area contributed by atoms with Crippen molar-refractivity contribution < 1.29 is 8.42 Å². The smallest absolute Gasteiger partial charge is 0.177 e. The minimum absolute atomic E-state index is 0.366. The molecule has 1 aliphatic heterocycles. The molecule has 4 rings (SSSR count). The van der Waals surface area contributed by atoms with Gasteiger partial charge in [-0.3, -0.25) is 4.90 Å². The summed E-state index contributed by atoms with van der Waals surface area (Å²) in [7, 11) is -3.14. The SMILES string of the molecule is CS(=O)(=O)c1ccc(CN2CCC(c3nc4ncccc4[nH]3)C2)cc1. The van der Waals surface area contributed by atoms with Gasteiger partial charge in [0, 0.05) is 31.5 Å². The van der Waals surface area contributed by atoms with E-state index in [4.69, 9.17) is 0 Å². The molecule has 0 amide bonds. The summed E-state index contributed by atoms with van der Waals surface area (Å²) in [5, 5.41) is 0.